The molecular weight excluding hydrogens is 288 g/mol. The summed E-state index contributed by atoms with van der Waals surface area (Å²) in [4.78, 5) is 24.4. The van der Waals surface area contributed by atoms with Gasteiger partial charge in [0.05, 0.1) is 5.92 Å². The second-order valence-corrected chi connectivity index (χ2v) is 6.20. The molecule has 0 aliphatic heterocycles. The fourth-order valence-electron chi connectivity index (χ4n) is 3.60. The maximum absolute atomic E-state index is 12.8. The van der Waals surface area contributed by atoms with Gasteiger partial charge in [0.25, 0.3) is 0 Å². The number of carbonyl (C=O) groups is 2. The lowest BCUT2D eigenvalue weighted by atomic mass is 9.69. The Morgan fingerprint density at radius 3 is 2.04 bits per heavy atom. The quantitative estimate of drug-likeness (QED) is 0.863. The number of benzene rings is 2. The van der Waals surface area contributed by atoms with Crippen LogP contribution in [0.2, 0.25) is 0 Å². The molecule has 1 fully saturated rings. The van der Waals surface area contributed by atoms with Crippen molar-refractivity contribution in [1.82, 2.24) is 0 Å². The minimum Gasteiger partial charge on any atom is -0.481 e. The van der Waals surface area contributed by atoms with E-state index in [0.717, 1.165) is 6.42 Å². The molecule has 1 N–H and O–H groups in total. The van der Waals surface area contributed by atoms with E-state index in [2.05, 4.69) is 12.1 Å². The summed E-state index contributed by atoms with van der Waals surface area (Å²) in [5, 5.41) is 9.51. The summed E-state index contributed by atoms with van der Waals surface area (Å²) < 4.78 is 0. The van der Waals surface area contributed by atoms with Gasteiger partial charge < -0.3 is 5.11 Å². The first-order valence-electron chi connectivity index (χ1n) is 8.04. The van der Waals surface area contributed by atoms with Crippen molar-refractivity contribution < 1.29 is 14.7 Å². The summed E-state index contributed by atoms with van der Waals surface area (Å²) in [7, 11) is 0. The molecule has 0 saturated heterocycles. The molecular formula is C20H20O3. The molecule has 0 amide bonds. The molecule has 1 aliphatic carbocycles. The van der Waals surface area contributed by atoms with Gasteiger partial charge in [0.15, 0.2) is 5.78 Å². The Kier molecular flexibility index (Phi) is 4.56. The highest BCUT2D eigenvalue weighted by molar-refractivity contribution is 6.00. The summed E-state index contributed by atoms with van der Waals surface area (Å²) in [6.45, 7) is 0. The van der Waals surface area contributed by atoms with Crippen molar-refractivity contribution in [3.63, 3.8) is 0 Å². The maximum atomic E-state index is 12.8. The predicted octanol–water partition coefficient (Wildman–Crippen LogP) is 4.15. The first-order valence-corrected chi connectivity index (χ1v) is 8.04. The molecule has 1 saturated carbocycles. The molecule has 0 heterocycles. The molecule has 2 aromatic carbocycles. The maximum Gasteiger partial charge on any atom is 0.307 e. The number of carbonyl (C=O) groups excluding carboxylic acids is 1. The van der Waals surface area contributed by atoms with Crippen LogP contribution in [0.3, 0.4) is 0 Å². The fraction of sp³-hybridized carbons (Fsp3) is 0.300. The average molecular weight is 308 g/mol. The summed E-state index contributed by atoms with van der Waals surface area (Å²) >= 11 is 0. The summed E-state index contributed by atoms with van der Waals surface area (Å²) in [6.07, 6.45) is 1.98. The van der Waals surface area contributed by atoms with E-state index in [1.54, 1.807) is 12.1 Å². The summed E-state index contributed by atoms with van der Waals surface area (Å²) in [5.41, 5.74) is 1.81. The van der Waals surface area contributed by atoms with E-state index in [-0.39, 0.29) is 11.7 Å². The van der Waals surface area contributed by atoms with Gasteiger partial charge in [-0.25, -0.2) is 0 Å². The molecule has 0 bridgehead atoms. The van der Waals surface area contributed by atoms with Crippen molar-refractivity contribution in [1.29, 1.82) is 0 Å². The normalized spacial score (nSPS) is 24.1. The van der Waals surface area contributed by atoms with Crippen LogP contribution in [-0.4, -0.2) is 16.9 Å². The molecule has 0 spiro atoms. The lowest BCUT2D eigenvalue weighted by molar-refractivity contribution is -0.144. The van der Waals surface area contributed by atoms with Crippen LogP contribution in [0.15, 0.2) is 60.7 Å². The van der Waals surface area contributed by atoms with E-state index in [1.165, 1.54) is 5.56 Å². The first kappa shape index (κ1) is 15.5. The highest BCUT2D eigenvalue weighted by Gasteiger charge is 2.39. The molecule has 3 rings (SSSR count). The number of carboxylic acids is 1. The van der Waals surface area contributed by atoms with Gasteiger partial charge in [-0.05, 0) is 30.7 Å². The monoisotopic (exact) mass is 308 g/mol. The predicted molar refractivity (Wildman–Crippen MR) is 88.4 cm³/mol. The van der Waals surface area contributed by atoms with Crippen LogP contribution in [-0.2, 0) is 4.79 Å². The van der Waals surface area contributed by atoms with Crippen LogP contribution in [0.25, 0.3) is 0 Å². The van der Waals surface area contributed by atoms with Crippen molar-refractivity contribution >= 4 is 11.8 Å². The van der Waals surface area contributed by atoms with Gasteiger partial charge in [0.2, 0.25) is 0 Å². The lowest BCUT2D eigenvalue weighted by Crippen LogP contribution is -2.35. The SMILES string of the molecule is O=C(O)C1CCC(c2ccccc2)CC1C(=O)c1ccccc1. The van der Waals surface area contributed by atoms with Crippen molar-refractivity contribution in [2.75, 3.05) is 0 Å². The molecule has 3 unspecified atom stereocenters. The van der Waals surface area contributed by atoms with Crippen LogP contribution in [0.4, 0.5) is 0 Å². The van der Waals surface area contributed by atoms with Crippen molar-refractivity contribution in [3.8, 4) is 0 Å². The van der Waals surface area contributed by atoms with E-state index in [4.69, 9.17) is 0 Å². The molecule has 23 heavy (non-hydrogen) atoms. The van der Waals surface area contributed by atoms with Crippen LogP contribution >= 0.6 is 0 Å². The molecule has 2 aromatic rings. The standard InChI is InChI=1S/C20H20O3/c21-19(15-9-5-2-6-10-15)18-13-16(11-12-17(18)20(22)23)14-7-3-1-4-8-14/h1-10,16-18H,11-13H2,(H,22,23). The number of Topliss-reactive ketones (excluding diaryl/α,β-unsaturated/α-hetero) is 1. The van der Waals surface area contributed by atoms with Gasteiger partial charge in [-0.15, -0.1) is 0 Å². The molecule has 3 nitrogen and oxygen atoms in total. The third kappa shape index (κ3) is 3.34. The van der Waals surface area contributed by atoms with Gasteiger partial charge >= 0.3 is 5.97 Å². The van der Waals surface area contributed by atoms with E-state index in [0.29, 0.717) is 18.4 Å². The van der Waals surface area contributed by atoms with Crippen LogP contribution in [0.1, 0.15) is 41.1 Å². The summed E-state index contributed by atoms with van der Waals surface area (Å²) in [6, 6.07) is 19.1. The smallest absolute Gasteiger partial charge is 0.307 e. The van der Waals surface area contributed by atoms with Crippen molar-refractivity contribution in [3.05, 3.63) is 71.8 Å². The Labute approximate surface area is 136 Å². The zero-order chi connectivity index (χ0) is 16.2. The number of rotatable bonds is 4. The zero-order valence-corrected chi connectivity index (χ0v) is 12.9. The van der Waals surface area contributed by atoms with Crippen LogP contribution in [0, 0.1) is 11.8 Å². The van der Waals surface area contributed by atoms with Crippen molar-refractivity contribution in [2.24, 2.45) is 11.8 Å². The van der Waals surface area contributed by atoms with Crippen LogP contribution in [0.5, 0.6) is 0 Å². The Morgan fingerprint density at radius 2 is 1.43 bits per heavy atom. The number of hydrogen-bond acceptors (Lipinski definition) is 2. The Bertz CT molecular complexity index is 679. The third-order valence-electron chi connectivity index (χ3n) is 4.83. The number of aliphatic carboxylic acids is 1. The van der Waals surface area contributed by atoms with E-state index < -0.39 is 17.8 Å². The Hall–Kier alpha value is -2.42. The van der Waals surface area contributed by atoms with Gasteiger partial charge in [-0.3, -0.25) is 9.59 Å². The van der Waals surface area contributed by atoms with E-state index >= 15 is 0 Å². The number of ketones is 1. The Morgan fingerprint density at radius 1 is 0.826 bits per heavy atom. The highest BCUT2D eigenvalue weighted by atomic mass is 16.4. The third-order valence-corrected chi connectivity index (χ3v) is 4.83. The Balaban J connectivity index is 1.86. The second kappa shape index (κ2) is 6.78. The molecule has 0 aromatic heterocycles. The zero-order valence-electron chi connectivity index (χ0n) is 12.9. The van der Waals surface area contributed by atoms with Gasteiger partial charge in [-0.2, -0.15) is 0 Å². The number of hydrogen-bond donors (Lipinski definition) is 1. The molecule has 3 atom stereocenters. The van der Waals surface area contributed by atoms with E-state index in [9.17, 15) is 14.7 Å². The van der Waals surface area contributed by atoms with Crippen molar-refractivity contribution in [2.45, 2.75) is 25.2 Å². The highest BCUT2D eigenvalue weighted by Crippen LogP contribution is 2.41. The fourth-order valence-corrected chi connectivity index (χ4v) is 3.60. The van der Waals surface area contributed by atoms with E-state index in [1.807, 2.05) is 36.4 Å². The average Bonchev–Trinajstić information content (AvgIpc) is 2.62. The second-order valence-electron chi connectivity index (χ2n) is 6.20. The molecule has 118 valence electrons. The van der Waals surface area contributed by atoms with Gasteiger partial charge in [0.1, 0.15) is 0 Å². The molecule has 0 radical (unpaired) electrons. The van der Waals surface area contributed by atoms with Gasteiger partial charge in [0, 0.05) is 11.5 Å². The number of carboxylic acid groups (broad SMARTS) is 1. The first-order chi connectivity index (χ1) is 11.2. The summed E-state index contributed by atoms with van der Waals surface area (Å²) in [5.74, 6) is -1.68. The largest absolute Gasteiger partial charge is 0.481 e. The van der Waals surface area contributed by atoms with Crippen LogP contribution < -0.4 is 0 Å². The topological polar surface area (TPSA) is 54.4 Å². The lowest BCUT2D eigenvalue weighted by Gasteiger charge is -2.33. The molecule has 1 aliphatic rings. The molecule has 3 heteroatoms. The van der Waals surface area contributed by atoms with Gasteiger partial charge in [-0.1, -0.05) is 60.7 Å². The minimum atomic E-state index is -0.856. The minimum absolute atomic E-state index is 0.0429.